The molecule has 4 nitrogen and oxygen atoms in total. The molecule has 0 aromatic heterocycles. The van der Waals surface area contributed by atoms with Gasteiger partial charge in [0.25, 0.3) is 0 Å². The number of hydrogen-bond donors (Lipinski definition) is 1. The molecule has 1 aliphatic rings. The van der Waals surface area contributed by atoms with Gasteiger partial charge in [-0.15, -0.1) is 0 Å². The van der Waals surface area contributed by atoms with Crippen LogP contribution in [0.4, 0.5) is 0 Å². The molecule has 0 unspecified atom stereocenters. The van der Waals surface area contributed by atoms with Gasteiger partial charge in [-0.3, -0.25) is 14.4 Å². The van der Waals surface area contributed by atoms with Crippen LogP contribution in [0.25, 0.3) is 0 Å². The van der Waals surface area contributed by atoms with Gasteiger partial charge in [-0.1, -0.05) is 19.8 Å². The Balaban J connectivity index is 3.21. The molecule has 0 amide bonds. The highest BCUT2D eigenvalue weighted by Crippen LogP contribution is 2.43. The predicted octanol–water partition coefficient (Wildman–Crippen LogP) is 3.15. The largest absolute Gasteiger partial charge is 0.510 e. The zero-order chi connectivity index (χ0) is 15.7. The highest BCUT2D eigenvalue weighted by atomic mass is 16.3. The first-order chi connectivity index (χ1) is 9.08. The molecule has 4 heteroatoms. The topological polar surface area (TPSA) is 71.4 Å². The molecule has 0 radical (unpaired) electrons. The fourth-order valence-electron chi connectivity index (χ4n) is 2.64. The third-order valence-corrected chi connectivity index (χ3v) is 4.05. The summed E-state index contributed by atoms with van der Waals surface area (Å²) < 4.78 is 0. The Morgan fingerprint density at radius 1 is 1.05 bits per heavy atom. The van der Waals surface area contributed by atoms with E-state index in [1.807, 2.05) is 6.92 Å². The highest BCUT2D eigenvalue weighted by Gasteiger charge is 2.54. The number of hydrogen-bond acceptors (Lipinski definition) is 4. The van der Waals surface area contributed by atoms with Gasteiger partial charge < -0.3 is 5.11 Å². The Labute approximate surface area is 120 Å². The van der Waals surface area contributed by atoms with Crippen molar-refractivity contribution >= 4 is 17.3 Å². The summed E-state index contributed by atoms with van der Waals surface area (Å²) in [5, 5.41) is 10.2. The smallest absolute Gasteiger partial charge is 0.182 e. The molecular formula is C16H24O4. The van der Waals surface area contributed by atoms with Crippen molar-refractivity contribution in [2.24, 2.45) is 10.8 Å². The van der Waals surface area contributed by atoms with Crippen LogP contribution in [0, 0.1) is 10.8 Å². The number of aliphatic hydroxyl groups is 1. The maximum absolute atomic E-state index is 12.4. The zero-order valence-electron chi connectivity index (χ0n) is 13.0. The Morgan fingerprint density at radius 2 is 1.60 bits per heavy atom. The van der Waals surface area contributed by atoms with Crippen molar-refractivity contribution in [3.63, 3.8) is 0 Å². The van der Waals surface area contributed by atoms with Gasteiger partial charge in [-0.2, -0.15) is 0 Å². The van der Waals surface area contributed by atoms with Gasteiger partial charge >= 0.3 is 0 Å². The average molecular weight is 280 g/mol. The number of allylic oxidation sites excluding steroid dienone is 2. The standard InChI is InChI=1S/C16H24O4/c1-6-7-8-9-10(17)11-12(18)15(2,3)14(20)16(4,5)13(11)19/h18H,6-9H2,1-5H3. The molecule has 112 valence electrons. The summed E-state index contributed by atoms with van der Waals surface area (Å²) in [5.41, 5.74) is -2.62. The lowest BCUT2D eigenvalue weighted by Crippen LogP contribution is -2.50. The van der Waals surface area contributed by atoms with E-state index in [0.717, 1.165) is 12.8 Å². The van der Waals surface area contributed by atoms with E-state index in [2.05, 4.69) is 0 Å². The van der Waals surface area contributed by atoms with Crippen LogP contribution in [0.1, 0.15) is 60.3 Å². The number of aliphatic hydroxyl groups excluding tert-OH is 1. The van der Waals surface area contributed by atoms with Gasteiger partial charge in [0, 0.05) is 6.42 Å². The predicted molar refractivity (Wildman–Crippen MR) is 76.4 cm³/mol. The molecule has 0 aromatic rings. The first-order valence-electron chi connectivity index (χ1n) is 7.15. The van der Waals surface area contributed by atoms with Crippen molar-refractivity contribution in [1.82, 2.24) is 0 Å². The van der Waals surface area contributed by atoms with Crippen molar-refractivity contribution in [3.05, 3.63) is 11.3 Å². The van der Waals surface area contributed by atoms with Crippen LogP contribution in [-0.2, 0) is 14.4 Å². The first-order valence-corrected chi connectivity index (χ1v) is 7.15. The second-order valence-corrected chi connectivity index (χ2v) is 6.51. The van der Waals surface area contributed by atoms with Crippen molar-refractivity contribution in [1.29, 1.82) is 0 Å². The summed E-state index contributed by atoms with van der Waals surface area (Å²) in [6, 6.07) is 0. The molecule has 1 rings (SSSR count). The van der Waals surface area contributed by atoms with Crippen molar-refractivity contribution in [3.8, 4) is 0 Å². The van der Waals surface area contributed by atoms with Gasteiger partial charge in [0.05, 0.1) is 10.8 Å². The van der Waals surface area contributed by atoms with E-state index in [4.69, 9.17) is 0 Å². The molecular weight excluding hydrogens is 256 g/mol. The molecule has 0 aromatic carbocycles. The van der Waals surface area contributed by atoms with Crippen LogP contribution >= 0.6 is 0 Å². The average Bonchev–Trinajstić information content (AvgIpc) is 2.36. The van der Waals surface area contributed by atoms with Gasteiger partial charge in [-0.05, 0) is 34.1 Å². The Morgan fingerprint density at radius 3 is 2.10 bits per heavy atom. The maximum atomic E-state index is 12.4. The van der Waals surface area contributed by atoms with Crippen molar-refractivity contribution in [2.75, 3.05) is 0 Å². The second-order valence-electron chi connectivity index (χ2n) is 6.51. The van der Waals surface area contributed by atoms with Gasteiger partial charge in [0.2, 0.25) is 0 Å². The minimum atomic E-state index is -1.26. The fraction of sp³-hybridized carbons (Fsp3) is 0.688. The van der Waals surface area contributed by atoms with Crippen LogP contribution < -0.4 is 0 Å². The number of carbonyl (C=O) groups excluding carboxylic acids is 3. The van der Waals surface area contributed by atoms with E-state index in [1.165, 1.54) is 13.8 Å². The monoisotopic (exact) mass is 280 g/mol. The minimum Gasteiger partial charge on any atom is -0.510 e. The van der Waals surface area contributed by atoms with Gasteiger partial charge in [-0.25, -0.2) is 0 Å². The Kier molecular flexibility index (Phi) is 4.57. The van der Waals surface area contributed by atoms with Gasteiger partial charge in [0.1, 0.15) is 11.3 Å². The fourth-order valence-corrected chi connectivity index (χ4v) is 2.64. The normalized spacial score (nSPS) is 21.2. The van der Waals surface area contributed by atoms with Crippen LogP contribution in [0.15, 0.2) is 11.3 Å². The lowest BCUT2D eigenvalue weighted by atomic mass is 9.63. The molecule has 0 atom stereocenters. The molecule has 0 bridgehead atoms. The number of unbranched alkanes of at least 4 members (excludes halogenated alkanes) is 2. The lowest BCUT2D eigenvalue weighted by Gasteiger charge is -2.37. The summed E-state index contributed by atoms with van der Waals surface area (Å²) in [7, 11) is 0. The number of Topliss-reactive ketones (excluding diaryl/α,β-unsaturated/α-hetero) is 3. The lowest BCUT2D eigenvalue weighted by molar-refractivity contribution is -0.145. The number of carbonyl (C=O) groups is 3. The van der Waals surface area contributed by atoms with E-state index >= 15 is 0 Å². The molecule has 0 spiro atoms. The number of ketones is 3. The molecule has 0 heterocycles. The first kappa shape index (κ1) is 16.6. The molecule has 0 saturated heterocycles. The molecule has 1 aliphatic carbocycles. The van der Waals surface area contributed by atoms with Crippen molar-refractivity contribution < 1.29 is 19.5 Å². The van der Waals surface area contributed by atoms with Crippen LogP contribution in [-0.4, -0.2) is 22.5 Å². The summed E-state index contributed by atoms with van der Waals surface area (Å²) in [4.78, 5) is 36.9. The van der Waals surface area contributed by atoms with E-state index in [9.17, 15) is 19.5 Å². The quantitative estimate of drug-likeness (QED) is 0.477. The Hall–Kier alpha value is -1.45. The molecule has 0 aliphatic heterocycles. The zero-order valence-corrected chi connectivity index (χ0v) is 13.0. The maximum Gasteiger partial charge on any atom is 0.182 e. The number of rotatable bonds is 5. The SMILES string of the molecule is CCCCCC(=O)C1=C(O)C(C)(C)C(=O)C(C)(C)C1=O. The second kappa shape index (κ2) is 5.51. The summed E-state index contributed by atoms with van der Waals surface area (Å²) in [6.07, 6.45) is 2.80. The van der Waals surface area contributed by atoms with Crippen LogP contribution in [0.5, 0.6) is 0 Å². The molecule has 20 heavy (non-hydrogen) atoms. The summed E-state index contributed by atoms with van der Waals surface area (Å²) in [6.45, 7) is 8.17. The molecule has 0 fully saturated rings. The minimum absolute atomic E-state index is 0.171. The summed E-state index contributed by atoms with van der Waals surface area (Å²) in [5.74, 6) is -1.62. The molecule has 0 saturated carbocycles. The molecule has 1 N–H and O–H groups in total. The van der Waals surface area contributed by atoms with E-state index < -0.39 is 16.6 Å². The Bertz CT molecular complexity index is 481. The van der Waals surface area contributed by atoms with Crippen molar-refractivity contribution in [2.45, 2.75) is 60.3 Å². The third kappa shape index (κ3) is 2.56. The van der Waals surface area contributed by atoms with Crippen LogP contribution in [0.2, 0.25) is 0 Å². The van der Waals surface area contributed by atoms with Crippen LogP contribution in [0.3, 0.4) is 0 Å². The van der Waals surface area contributed by atoms with E-state index in [-0.39, 0.29) is 29.3 Å². The summed E-state index contributed by atoms with van der Waals surface area (Å²) >= 11 is 0. The van der Waals surface area contributed by atoms with Gasteiger partial charge in [0.15, 0.2) is 17.3 Å². The third-order valence-electron chi connectivity index (χ3n) is 4.05. The van der Waals surface area contributed by atoms with E-state index in [1.54, 1.807) is 13.8 Å². The van der Waals surface area contributed by atoms with E-state index in [0.29, 0.717) is 6.42 Å². The highest BCUT2D eigenvalue weighted by molar-refractivity contribution is 6.30.